The van der Waals surface area contributed by atoms with Crippen LogP contribution in [0.2, 0.25) is 0 Å². The van der Waals surface area contributed by atoms with Crippen molar-refractivity contribution in [3.63, 3.8) is 0 Å². The van der Waals surface area contributed by atoms with Gasteiger partial charge in [0, 0.05) is 24.9 Å². The van der Waals surface area contributed by atoms with E-state index in [2.05, 4.69) is 34.9 Å². The van der Waals surface area contributed by atoms with Crippen LogP contribution >= 0.6 is 0 Å². The molecule has 4 rings (SSSR count). The van der Waals surface area contributed by atoms with Crippen LogP contribution in [0.15, 0.2) is 48.5 Å². The molecule has 0 radical (unpaired) electrons. The molecule has 3 atom stereocenters. The minimum Gasteiger partial charge on any atom is -0.481 e. The number of carbonyl (C=O) groups excluding carboxylic acids is 2. The molecule has 1 heterocycles. The monoisotopic (exact) mass is 480 g/mol. The lowest BCUT2D eigenvalue weighted by Gasteiger charge is -2.16. The summed E-state index contributed by atoms with van der Waals surface area (Å²) in [6.45, 7) is 3.01. The normalized spacial score (nSPS) is 19.5. The first-order chi connectivity index (χ1) is 16.9. The summed E-state index contributed by atoms with van der Waals surface area (Å²) in [4.78, 5) is 35.5. The number of carbonyl (C=O) groups is 3. The molecule has 1 unspecified atom stereocenters. The SMILES string of the molecule is CC(CCCNC(=O)OCC1c2ccccc2-c2ccccc21)C(=O)NC[C@H]1C[C@@H](C(=O)O)CO1. The Morgan fingerprint density at radius 3 is 2.34 bits per heavy atom. The highest BCUT2D eigenvalue weighted by Crippen LogP contribution is 2.44. The number of hydrogen-bond acceptors (Lipinski definition) is 5. The Hall–Kier alpha value is -3.39. The second kappa shape index (κ2) is 11.4. The van der Waals surface area contributed by atoms with E-state index in [1.165, 1.54) is 22.3 Å². The van der Waals surface area contributed by atoms with Gasteiger partial charge in [0.2, 0.25) is 5.91 Å². The quantitative estimate of drug-likeness (QED) is 0.448. The molecule has 0 aromatic heterocycles. The van der Waals surface area contributed by atoms with Gasteiger partial charge in [-0.25, -0.2) is 4.79 Å². The van der Waals surface area contributed by atoms with Crippen molar-refractivity contribution in [2.24, 2.45) is 11.8 Å². The molecule has 0 spiro atoms. The van der Waals surface area contributed by atoms with E-state index in [1.54, 1.807) is 0 Å². The highest BCUT2D eigenvalue weighted by atomic mass is 16.5. The fraction of sp³-hybridized carbons (Fsp3) is 0.444. The van der Waals surface area contributed by atoms with Crippen LogP contribution in [-0.2, 0) is 19.1 Å². The summed E-state index contributed by atoms with van der Waals surface area (Å²) in [7, 11) is 0. The Labute approximate surface area is 205 Å². The van der Waals surface area contributed by atoms with Crippen molar-refractivity contribution in [2.75, 3.05) is 26.3 Å². The summed E-state index contributed by atoms with van der Waals surface area (Å²) in [6, 6.07) is 16.4. The zero-order valence-corrected chi connectivity index (χ0v) is 19.9. The maximum Gasteiger partial charge on any atom is 0.407 e. The van der Waals surface area contributed by atoms with Crippen LogP contribution in [0, 0.1) is 11.8 Å². The zero-order chi connectivity index (χ0) is 24.8. The second-order valence-electron chi connectivity index (χ2n) is 9.27. The number of amides is 2. The topological polar surface area (TPSA) is 114 Å². The highest BCUT2D eigenvalue weighted by Gasteiger charge is 2.31. The molecule has 2 aromatic carbocycles. The predicted octanol–water partition coefficient (Wildman–Crippen LogP) is 3.55. The number of aliphatic carboxylic acids is 1. The van der Waals surface area contributed by atoms with Gasteiger partial charge in [-0.1, -0.05) is 55.5 Å². The summed E-state index contributed by atoms with van der Waals surface area (Å²) in [5, 5.41) is 14.6. The van der Waals surface area contributed by atoms with Crippen molar-refractivity contribution in [3.05, 3.63) is 59.7 Å². The first kappa shape index (κ1) is 24.7. The Bertz CT molecular complexity index is 1030. The maximum absolute atomic E-state index is 12.3. The largest absolute Gasteiger partial charge is 0.481 e. The summed E-state index contributed by atoms with van der Waals surface area (Å²) in [5.41, 5.74) is 4.71. The van der Waals surface area contributed by atoms with Crippen LogP contribution in [0.4, 0.5) is 4.79 Å². The molecule has 8 heteroatoms. The zero-order valence-electron chi connectivity index (χ0n) is 19.9. The van der Waals surface area contributed by atoms with E-state index in [9.17, 15) is 14.4 Å². The molecule has 1 saturated heterocycles. The van der Waals surface area contributed by atoms with Gasteiger partial charge in [0.1, 0.15) is 6.61 Å². The van der Waals surface area contributed by atoms with Crippen molar-refractivity contribution in [1.82, 2.24) is 10.6 Å². The second-order valence-corrected chi connectivity index (χ2v) is 9.27. The van der Waals surface area contributed by atoms with Crippen molar-refractivity contribution < 1.29 is 29.0 Å². The minimum absolute atomic E-state index is 0.0199. The van der Waals surface area contributed by atoms with Gasteiger partial charge in [0.15, 0.2) is 0 Å². The number of benzene rings is 2. The van der Waals surface area contributed by atoms with Gasteiger partial charge in [-0.05, 0) is 41.5 Å². The molecule has 3 N–H and O–H groups in total. The van der Waals surface area contributed by atoms with Gasteiger partial charge in [0.25, 0.3) is 0 Å². The summed E-state index contributed by atoms with van der Waals surface area (Å²) in [5.74, 6) is -1.68. The number of ether oxygens (including phenoxy) is 2. The van der Waals surface area contributed by atoms with E-state index in [4.69, 9.17) is 14.6 Å². The van der Waals surface area contributed by atoms with Crippen LogP contribution < -0.4 is 10.6 Å². The third-order valence-electron chi connectivity index (χ3n) is 6.81. The van der Waals surface area contributed by atoms with Crippen LogP contribution in [0.3, 0.4) is 0 Å². The Balaban J connectivity index is 1.13. The minimum atomic E-state index is -0.865. The molecule has 0 saturated carbocycles. The predicted molar refractivity (Wildman–Crippen MR) is 130 cm³/mol. The van der Waals surface area contributed by atoms with Gasteiger partial charge in [0.05, 0.1) is 18.6 Å². The molecular formula is C27H32N2O6. The van der Waals surface area contributed by atoms with E-state index >= 15 is 0 Å². The molecule has 2 aromatic rings. The number of nitrogens with one attached hydrogen (secondary N) is 2. The van der Waals surface area contributed by atoms with Crippen molar-refractivity contribution in [1.29, 1.82) is 0 Å². The lowest BCUT2D eigenvalue weighted by molar-refractivity contribution is -0.141. The Morgan fingerprint density at radius 2 is 1.71 bits per heavy atom. The summed E-state index contributed by atoms with van der Waals surface area (Å²) < 4.78 is 11.0. The first-order valence-corrected chi connectivity index (χ1v) is 12.1. The third-order valence-corrected chi connectivity index (χ3v) is 6.81. The lowest BCUT2D eigenvalue weighted by atomic mass is 9.98. The molecular weight excluding hydrogens is 448 g/mol. The molecule has 1 aliphatic heterocycles. The van der Waals surface area contributed by atoms with Crippen molar-refractivity contribution in [3.8, 4) is 11.1 Å². The lowest BCUT2D eigenvalue weighted by Crippen LogP contribution is -2.35. The van der Waals surface area contributed by atoms with Gasteiger partial charge < -0.3 is 25.2 Å². The Kier molecular flexibility index (Phi) is 8.02. The van der Waals surface area contributed by atoms with E-state index in [0.717, 1.165) is 0 Å². The van der Waals surface area contributed by atoms with Gasteiger partial charge in [-0.2, -0.15) is 0 Å². The van der Waals surface area contributed by atoms with Gasteiger partial charge in [-0.3, -0.25) is 9.59 Å². The fourth-order valence-corrected chi connectivity index (χ4v) is 4.79. The van der Waals surface area contributed by atoms with Crippen molar-refractivity contribution >= 4 is 18.0 Å². The van der Waals surface area contributed by atoms with E-state index in [1.807, 2.05) is 31.2 Å². The van der Waals surface area contributed by atoms with Crippen molar-refractivity contribution in [2.45, 2.75) is 38.2 Å². The molecule has 2 amide bonds. The molecule has 35 heavy (non-hydrogen) atoms. The molecule has 1 fully saturated rings. The number of carboxylic acids is 1. The maximum atomic E-state index is 12.3. The molecule has 186 valence electrons. The van der Waals surface area contributed by atoms with Gasteiger partial charge in [-0.15, -0.1) is 0 Å². The number of rotatable bonds is 10. The standard InChI is InChI=1S/C27H32N2O6/c1-17(25(30)29-14-19-13-18(15-34-19)26(31)32)7-6-12-28-27(33)35-16-24-22-10-4-2-8-20(22)21-9-3-5-11-23(21)24/h2-5,8-11,17-19,24H,6-7,12-16H2,1H3,(H,28,33)(H,29,30)(H,31,32)/t17?,18-,19-/m1/s1. The molecule has 2 aliphatic rings. The van der Waals surface area contributed by atoms with E-state index in [0.29, 0.717) is 32.4 Å². The average molecular weight is 481 g/mol. The van der Waals surface area contributed by atoms with Gasteiger partial charge >= 0.3 is 12.1 Å². The Morgan fingerprint density at radius 1 is 1.06 bits per heavy atom. The first-order valence-electron chi connectivity index (χ1n) is 12.1. The summed E-state index contributed by atoms with van der Waals surface area (Å²) in [6.07, 6.45) is 0.935. The average Bonchev–Trinajstić information content (AvgIpc) is 3.47. The number of hydrogen-bond donors (Lipinski definition) is 3. The van der Waals surface area contributed by atoms with E-state index < -0.39 is 18.0 Å². The fourth-order valence-electron chi connectivity index (χ4n) is 4.79. The third kappa shape index (κ3) is 6.00. The van der Waals surface area contributed by atoms with Crippen LogP contribution in [0.25, 0.3) is 11.1 Å². The summed E-state index contributed by atoms with van der Waals surface area (Å²) >= 11 is 0. The van der Waals surface area contributed by atoms with Crippen LogP contribution in [0.5, 0.6) is 0 Å². The molecule has 8 nitrogen and oxygen atoms in total. The van der Waals surface area contributed by atoms with E-state index in [-0.39, 0.29) is 37.1 Å². The molecule has 0 bridgehead atoms. The number of fused-ring (bicyclic) bond motifs is 3. The van der Waals surface area contributed by atoms with Crippen LogP contribution in [0.1, 0.15) is 43.2 Å². The number of carboxylic acid groups (broad SMARTS) is 1. The number of alkyl carbamates (subject to hydrolysis) is 1. The highest BCUT2D eigenvalue weighted by molar-refractivity contribution is 5.79. The smallest absolute Gasteiger partial charge is 0.407 e. The van der Waals surface area contributed by atoms with Crippen LogP contribution in [-0.4, -0.2) is 55.5 Å². The molecule has 1 aliphatic carbocycles.